The van der Waals surface area contributed by atoms with Crippen LogP contribution < -0.4 is 16.0 Å². The van der Waals surface area contributed by atoms with Crippen molar-refractivity contribution in [2.24, 2.45) is 5.92 Å². The number of hydrogen-bond donors (Lipinski definition) is 3. The molecule has 3 N–H and O–H groups in total. The monoisotopic (exact) mass is 353 g/mol. The van der Waals surface area contributed by atoms with E-state index >= 15 is 0 Å². The molecule has 1 fully saturated rings. The van der Waals surface area contributed by atoms with Crippen molar-refractivity contribution in [3.63, 3.8) is 0 Å². The Kier molecular flexibility index (Phi) is 8.22. The van der Waals surface area contributed by atoms with Crippen LogP contribution >= 0.6 is 12.4 Å². The molecule has 1 aliphatic heterocycles. The first-order chi connectivity index (χ1) is 11.0. The highest BCUT2D eigenvalue weighted by Crippen LogP contribution is 2.21. The van der Waals surface area contributed by atoms with E-state index in [9.17, 15) is 9.59 Å². The molecule has 0 aromatic heterocycles. The highest BCUT2D eigenvalue weighted by atomic mass is 35.5. The number of benzene rings is 1. The van der Waals surface area contributed by atoms with E-state index in [-0.39, 0.29) is 30.8 Å². The van der Waals surface area contributed by atoms with Gasteiger partial charge in [-0.1, -0.05) is 17.7 Å². The fraction of sp³-hybridized carbons (Fsp3) is 0.556. The number of halogens is 1. The van der Waals surface area contributed by atoms with Gasteiger partial charge in [0.1, 0.15) is 0 Å². The van der Waals surface area contributed by atoms with Gasteiger partial charge in [0, 0.05) is 12.1 Å². The molecule has 0 aliphatic carbocycles. The summed E-state index contributed by atoms with van der Waals surface area (Å²) in [6.07, 6.45) is 2.51. The molecule has 1 atom stereocenters. The molecule has 1 saturated heterocycles. The zero-order valence-corrected chi connectivity index (χ0v) is 15.5. The van der Waals surface area contributed by atoms with Crippen molar-refractivity contribution in [2.75, 3.05) is 25.0 Å². The van der Waals surface area contributed by atoms with Crippen molar-refractivity contribution in [3.05, 3.63) is 28.8 Å². The zero-order valence-electron chi connectivity index (χ0n) is 14.7. The number of amides is 2. The number of carbonyl (C=O) groups is 2. The van der Waals surface area contributed by atoms with Crippen LogP contribution in [0.5, 0.6) is 0 Å². The second-order valence-electron chi connectivity index (χ2n) is 6.50. The number of carbonyl (C=O) groups excluding carboxylic acids is 2. The van der Waals surface area contributed by atoms with Gasteiger partial charge < -0.3 is 16.0 Å². The highest BCUT2D eigenvalue weighted by molar-refractivity contribution is 5.95. The van der Waals surface area contributed by atoms with E-state index in [1.54, 1.807) is 0 Å². The molecule has 1 aromatic rings. The maximum atomic E-state index is 12.0. The SMILES string of the molecule is Cc1cc(C)c(NC(=O)CNC(=O)CCC2CCNC2)c(C)c1.Cl. The maximum Gasteiger partial charge on any atom is 0.243 e. The third-order valence-corrected chi connectivity index (χ3v) is 4.33. The summed E-state index contributed by atoms with van der Waals surface area (Å²) < 4.78 is 0. The van der Waals surface area contributed by atoms with Crippen molar-refractivity contribution in [1.29, 1.82) is 0 Å². The average molecular weight is 354 g/mol. The van der Waals surface area contributed by atoms with E-state index in [1.807, 2.05) is 32.9 Å². The van der Waals surface area contributed by atoms with Crippen LogP contribution in [0.2, 0.25) is 0 Å². The first-order valence-electron chi connectivity index (χ1n) is 8.31. The molecule has 6 heteroatoms. The molecular formula is C18H28ClN3O2. The third-order valence-electron chi connectivity index (χ3n) is 4.33. The zero-order chi connectivity index (χ0) is 16.8. The molecule has 134 valence electrons. The standard InChI is InChI=1S/C18H27N3O2.ClH/c1-12-8-13(2)18(14(3)9-12)21-17(23)11-20-16(22)5-4-15-6-7-19-10-15;/h8-9,15,19H,4-7,10-11H2,1-3H3,(H,20,22)(H,21,23);1H. The molecule has 5 nitrogen and oxygen atoms in total. The lowest BCUT2D eigenvalue weighted by molar-refractivity contribution is -0.124. The summed E-state index contributed by atoms with van der Waals surface area (Å²) in [6.45, 7) is 8.05. The molecule has 0 spiro atoms. The molecule has 2 rings (SSSR count). The van der Waals surface area contributed by atoms with Gasteiger partial charge >= 0.3 is 0 Å². The molecule has 1 aliphatic rings. The summed E-state index contributed by atoms with van der Waals surface area (Å²) in [5, 5.41) is 8.89. The van der Waals surface area contributed by atoms with Crippen LogP contribution in [0, 0.1) is 26.7 Å². The third kappa shape index (κ3) is 6.13. The van der Waals surface area contributed by atoms with Crippen LogP contribution in [0.25, 0.3) is 0 Å². The van der Waals surface area contributed by atoms with Crippen LogP contribution in [-0.4, -0.2) is 31.4 Å². The first kappa shape index (κ1) is 20.5. The Hall–Kier alpha value is -1.59. The Balaban J connectivity index is 0.00000288. The summed E-state index contributed by atoms with van der Waals surface area (Å²) in [5.74, 6) is 0.354. The summed E-state index contributed by atoms with van der Waals surface area (Å²) in [7, 11) is 0. The Morgan fingerprint density at radius 2 is 1.83 bits per heavy atom. The summed E-state index contributed by atoms with van der Waals surface area (Å²) >= 11 is 0. The smallest absolute Gasteiger partial charge is 0.243 e. The van der Waals surface area contributed by atoms with Gasteiger partial charge in [-0.2, -0.15) is 0 Å². The first-order valence-corrected chi connectivity index (χ1v) is 8.31. The lowest BCUT2D eigenvalue weighted by Gasteiger charge is -2.13. The maximum absolute atomic E-state index is 12.0. The van der Waals surface area contributed by atoms with Crippen molar-refractivity contribution < 1.29 is 9.59 Å². The van der Waals surface area contributed by atoms with Crippen molar-refractivity contribution >= 4 is 29.9 Å². The number of nitrogens with one attached hydrogen (secondary N) is 3. The van der Waals surface area contributed by atoms with Gasteiger partial charge in [0.2, 0.25) is 11.8 Å². The Labute approximate surface area is 150 Å². The predicted molar refractivity (Wildman–Crippen MR) is 99.8 cm³/mol. The quantitative estimate of drug-likeness (QED) is 0.735. The van der Waals surface area contributed by atoms with Crippen molar-refractivity contribution in [1.82, 2.24) is 10.6 Å². The van der Waals surface area contributed by atoms with Gasteiger partial charge in [0.25, 0.3) is 0 Å². The Morgan fingerprint density at radius 1 is 1.17 bits per heavy atom. The van der Waals surface area contributed by atoms with Gasteiger partial charge in [-0.05, 0) is 63.7 Å². The fourth-order valence-corrected chi connectivity index (χ4v) is 3.12. The Morgan fingerprint density at radius 3 is 2.42 bits per heavy atom. The fourth-order valence-electron chi connectivity index (χ4n) is 3.12. The van der Waals surface area contributed by atoms with Crippen LogP contribution in [-0.2, 0) is 9.59 Å². The van der Waals surface area contributed by atoms with Gasteiger partial charge in [-0.25, -0.2) is 0 Å². The minimum Gasteiger partial charge on any atom is -0.347 e. The van der Waals surface area contributed by atoms with Crippen LogP contribution in [0.1, 0.15) is 36.0 Å². The van der Waals surface area contributed by atoms with Crippen molar-refractivity contribution in [2.45, 2.75) is 40.0 Å². The van der Waals surface area contributed by atoms with E-state index in [4.69, 9.17) is 0 Å². The molecule has 0 bridgehead atoms. The largest absolute Gasteiger partial charge is 0.347 e. The second-order valence-corrected chi connectivity index (χ2v) is 6.50. The lowest BCUT2D eigenvalue weighted by atomic mass is 10.0. The molecule has 0 radical (unpaired) electrons. The number of hydrogen-bond acceptors (Lipinski definition) is 3. The van der Waals surface area contributed by atoms with Gasteiger partial charge in [0.15, 0.2) is 0 Å². The lowest BCUT2D eigenvalue weighted by Crippen LogP contribution is -2.33. The minimum absolute atomic E-state index is 0. The molecule has 1 heterocycles. The molecular weight excluding hydrogens is 326 g/mol. The van der Waals surface area contributed by atoms with Gasteiger partial charge in [-0.15, -0.1) is 12.4 Å². The molecule has 2 amide bonds. The van der Waals surface area contributed by atoms with Crippen molar-refractivity contribution in [3.8, 4) is 0 Å². The van der Waals surface area contributed by atoms with Gasteiger partial charge in [-0.3, -0.25) is 9.59 Å². The molecule has 0 saturated carbocycles. The molecule has 1 unspecified atom stereocenters. The summed E-state index contributed by atoms with van der Waals surface area (Å²) in [6, 6.07) is 4.08. The summed E-state index contributed by atoms with van der Waals surface area (Å²) in [4.78, 5) is 23.9. The van der Waals surface area contributed by atoms with Crippen LogP contribution in [0.4, 0.5) is 5.69 Å². The van der Waals surface area contributed by atoms with E-state index in [0.29, 0.717) is 12.3 Å². The number of anilines is 1. The highest BCUT2D eigenvalue weighted by Gasteiger charge is 2.16. The van der Waals surface area contributed by atoms with Crippen LogP contribution in [0.15, 0.2) is 12.1 Å². The topological polar surface area (TPSA) is 70.2 Å². The average Bonchev–Trinajstić information content (AvgIpc) is 3.00. The van der Waals surface area contributed by atoms with E-state index in [1.165, 1.54) is 5.56 Å². The predicted octanol–water partition coefficient (Wildman–Crippen LogP) is 2.48. The number of aryl methyl sites for hydroxylation is 3. The molecule has 24 heavy (non-hydrogen) atoms. The minimum atomic E-state index is -0.184. The van der Waals surface area contributed by atoms with Crippen LogP contribution in [0.3, 0.4) is 0 Å². The second kappa shape index (κ2) is 9.64. The summed E-state index contributed by atoms with van der Waals surface area (Å²) in [5.41, 5.74) is 4.09. The Bertz CT molecular complexity index is 561. The van der Waals surface area contributed by atoms with E-state index in [0.717, 1.165) is 42.7 Å². The van der Waals surface area contributed by atoms with E-state index < -0.39 is 0 Å². The normalized spacial score (nSPS) is 16.4. The number of rotatable bonds is 6. The van der Waals surface area contributed by atoms with Gasteiger partial charge in [0.05, 0.1) is 6.54 Å². The van der Waals surface area contributed by atoms with E-state index in [2.05, 4.69) is 16.0 Å². The molecule has 1 aromatic carbocycles.